The van der Waals surface area contributed by atoms with Crippen LogP contribution >= 0.6 is 12.6 Å². The maximum atomic E-state index is 4.36. The van der Waals surface area contributed by atoms with Gasteiger partial charge in [-0.05, 0) is 19.3 Å². The average Bonchev–Trinajstić information content (AvgIpc) is 2.25. The van der Waals surface area contributed by atoms with E-state index in [9.17, 15) is 0 Å². The second-order valence-electron chi connectivity index (χ2n) is 4.45. The fraction of sp³-hybridized carbons (Fsp3) is 0.667. The summed E-state index contributed by atoms with van der Waals surface area (Å²) >= 11 is 4.16. The van der Waals surface area contributed by atoms with Crippen molar-refractivity contribution in [3.63, 3.8) is 0 Å². The van der Waals surface area contributed by atoms with Gasteiger partial charge in [-0.1, -0.05) is 13.8 Å². The zero-order valence-electron chi connectivity index (χ0n) is 10.8. The van der Waals surface area contributed by atoms with Crippen LogP contribution in [0.1, 0.15) is 26.1 Å². The molecule has 0 atom stereocenters. The minimum atomic E-state index is 0.701. The fourth-order valence-corrected chi connectivity index (χ4v) is 1.53. The van der Waals surface area contributed by atoms with Gasteiger partial charge in [0.15, 0.2) is 0 Å². The van der Waals surface area contributed by atoms with Gasteiger partial charge in [0.25, 0.3) is 0 Å². The molecular formula is C12H22N4S. The lowest BCUT2D eigenvalue weighted by molar-refractivity contribution is 0.606. The molecule has 17 heavy (non-hydrogen) atoms. The van der Waals surface area contributed by atoms with Crippen LogP contribution in [-0.4, -0.2) is 28.8 Å². The summed E-state index contributed by atoms with van der Waals surface area (Å²) in [7, 11) is 0. The van der Waals surface area contributed by atoms with E-state index in [0.717, 1.165) is 42.7 Å². The van der Waals surface area contributed by atoms with Gasteiger partial charge in [-0.25, -0.2) is 9.97 Å². The van der Waals surface area contributed by atoms with E-state index >= 15 is 0 Å². The zero-order chi connectivity index (χ0) is 12.7. The van der Waals surface area contributed by atoms with Crippen molar-refractivity contribution in [1.82, 2.24) is 9.97 Å². The number of hydrogen-bond acceptors (Lipinski definition) is 5. The molecule has 0 saturated heterocycles. The molecule has 0 aliphatic heterocycles. The van der Waals surface area contributed by atoms with Gasteiger partial charge in [0.1, 0.15) is 17.5 Å². The molecule has 96 valence electrons. The van der Waals surface area contributed by atoms with E-state index in [-0.39, 0.29) is 0 Å². The van der Waals surface area contributed by atoms with Crippen molar-refractivity contribution in [2.45, 2.75) is 27.2 Å². The van der Waals surface area contributed by atoms with E-state index in [1.54, 1.807) is 0 Å². The Balaban J connectivity index is 2.55. The second kappa shape index (κ2) is 7.37. The summed E-state index contributed by atoms with van der Waals surface area (Å²) in [6, 6.07) is 1.94. The number of hydrogen-bond donors (Lipinski definition) is 3. The van der Waals surface area contributed by atoms with Gasteiger partial charge in [-0.2, -0.15) is 12.6 Å². The number of rotatable bonds is 7. The van der Waals surface area contributed by atoms with Crippen molar-refractivity contribution in [2.75, 3.05) is 29.5 Å². The molecule has 1 heterocycles. The van der Waals surface area contributed by atoms with Gasteiger partial charge < -0.3 is 10.6 Å². The molecule has 2 N–H and O–H groups in total. The first-order valence-electron chi connectivity index (χ1n) is 6.06. The van der Waals surface area contributed by atoms with Crippen LogP contribution < -0.4 is 10.6 Å². The van der Waals surface area contributed by atoms with E-state index in [2.05, 4.69) is 47.1 Å². The van der Waals surface area contributed by atoms with Gasteiger partial charge in [-0.15, -0.1) is 0 Å². The first-order chi connectivity index (χ1) is 8.11. The molecule has 0 bridgehead atoms. The summed E-state index contributed by atoms with van der Waals surface area (Å²) in [6.45, 7) is 8.09. The molecular weight excluding hydrogens is 232 g/mol. The predicted molar refractivity (Wildman–Crippen MR) is 77.1 cm³/mol. The number of aryl methyl sites for hydroxylation is 1. The SMILES string of the molecule is Cc1nc(NCCS)cc(NCCC(C)C)n1. The Morgan fingerprint density at radius 2 is 1.76 bits per heavy atom. The minimum absolute atomic E-state index is 0.701. The van der Waals surface area contributed by atoms with Crippen LogP contribution in [0.3, 0.4) is 0 Å². The largest absolute Gasteiger partial charge is 0.370 e. The average molecular weight is 254 g/mol. The third-order valence-electron chi connectivity index (χ3n) is 2.28. The lowest BCUT2D eigenvalue weighted by atomic mass is 10.1. The summed E-state index contributed by atoms with van der Waals surface area (Å²) < 4.78 is 0. The Kier molecular flexibility index (Phi) is 6.11. The molecule has 0 aromatic carbocycles. The monoisotopic (exact) mass is 254 g/mol. The molecule has 0 amide bonds. The van der Waals surface area contributed by atoms with Crippen molar-refractivity contribution in [3.8, 4) is 0 Å². The first kappa shape index (κ1) is 14.1. The highest BCUT2D eigenvalue weighted by atomic mass is 32.1. The van der Waals surface area contributed by atoms with Crippen LogP contribution in [-0.2, 0) is 0 Å². The van der Waals surface area contributed by atoms with E-state index in [0.29, 0.717) is 5.92 Å². The van der Waals surface area contributed by atoms with Crippen LogP contribution in [0.5, 0.6) is 0 Å². The molecule has 1 rings (SSSR count). The van der Waals surface area contributed by atoms with E-state index in [1.165, 1.54) is 0 Å². The number of thiol groups is 1. The van der Waals surface area contributed by atoms with Crippen molar-refractivity contribution in [1.29, 1.82) is 0 Å². The molecule has 0 aliphatic carbocycles. The number of nitrogens with one attached hydrogen (secondary N) is 2. The molecule has 1 aromatic rings. The van der Waals surface area contributed by atoms with E-state index in [4.69, 9.17) is 0 Å². The molecule has 0 aliphatic rings. The van der Waals surface area contributed by atoms with Crippen molar-refractivity contribution in [2.24, 2.45) is 5.92 Å². The highest BCUT2D eigenvalue weighted by Crippen LogP contribution is 2.11. The van der Waals surface area contributed by atoms with Gasteiger partial charge in [-0.3, -0.25) is 0 Å². The topological polar surface area (TPSA) is 49.8 Å². The maximum Gasteiger partial charge on any atom is 0.131 e. The van der Waals surface area contributed by atoms with Crippen molar-refractivity contribution >= 4 is 24.3 Å². The van der Waals surface area contributed by atoms with Crippen molar-refractivity contribution in [3.05, 3.63) is 11.9 Å². The molecule has 1 aromatic heterocycles. The molecule has 0 saturated carbocycles. The summed E-state index contributed by atoms with van der Waals surface area (Å²) in [6.07, 6.45) is 1.14. The van der Waals surface area contributed by atoms with Gasteiger partial charge in [0.2, 0.25) is 0 Å². The van der Waals surface area contributed by atoms with Crippen LogP contribution in [0.15, 0.2) is 6.07 Å². The lowest BCUT2D eigenvalue weighted by Gasteiger charge is -2.10. The highest BCUT2D eigenvalue weighted by molar-refractivity contribution is 7.80. The Hall–Kier alpha value is -0.970. The van der Waals surface area contributed by atoms with Gasteiger partial charge in [0, 0.05) is 24.9 Å². The Labute approximate surface area is 109 Å². The molecule has 0 spiro atoms. The standard InChI is InChI=1S/C12H22N4S/c1-9(2)4-5-13-11-8-12(14-6-7-17)16-10(3)15-11/h8-9,17H,4-7H2,1-3H3,(H2,13,14,15,16). The molecule has 0 fully saturated rings. The number of anilines is 2. The Bertz CT molecular complexity index is 341. The van der Waals surface area contributed by atoms with Crippen LogP contribution in [0.25, 0.3) is 0 Å². The third-order valence-corrected chi connectivity index (χ3v) is 2.51. The minimum Gasteiger partial charge on any atom is -0.370 e. The molecule has 4 nitrogen and oxygen atoms in total. The third kappa shape index (κ3) is 5.77. The Morgan fingerprint density at radius 3 is 2.29 bits per heavy atom. The summed E-state index contributed by atoms with van der Waals surface area (Å²) in [4.78, 5) is 8.68. The Morgan fingerprint density at radius 1 is 1.18 bits per heavy atom. The summed E-state index contributed by atoms with van der Waals surface area (Å²) in [5.74, 6) is 4.02. The molecule has 0 unspecified atom stereocenters. The smallest absolute Gasteiger partial charge is 0.131 e. The van der Waals surface area contributed by atoms with E-state index in [1.807, 2.05) is 13.0 Å². The predicted octanol–water partition coefficient (Wildman–Crippen LogP) is 2.58. The number of nitrogens with zero attached hydrogens (tertiary/aromatic N) is 2. The normalized spacial score (nSPS) is 10.6. The fourth-order valence-electron chi connectivity index (χ4n) is 1.42. The van der Waals surface area contributed by atoms with Gasteiger partial charge >= 0.3 is 0 Å². The van der Waals surface area contributed by atoms with Crippen molar-refractivity contribution < 1.29 is 0 Å². The zero-order valence-corrected chi connectivity index (χ0v) is 11.7. The van der Waals surface area contributed by atoms with Gasteiger partial charge in [0.05, 0.1) is 0 Å². The number of aromatic nitrogens is 2. The molecule has 5 heteroatoms. The highest BCUT2D eigenvalue weighted by Gasteiger charge is 2.01. The second-order valence-corrected chi connectivity index (χ2v) is 4.89. The van der Waals surface area contributed by atoms with E-state index < -0.39 is 0 Å². The molecule has 0 radical (unpaired) electrons. The quantitative estimate of drug-likeness (QED) is 0.655. The van der Waals surface area contributed by atoms with Crippen LogP contribution in [0, 0.1) is 12.8 Å². The summed E-state index contributed by atoms with van der Waals surface area (Å²) in [5, 5.41) is 6.53. The summed E-state index contributed by atoms with van der Waals surface area (Å²) in [5.41, 5.74) is 0. The maximum absolute atomic E-state index is 4.36. The van der Waals surface area contributed by atoms with Crippen LogP contribution in [0.4, 0.5) is 11.6 Å². The lowest BCUT2D eigenvalue weighted by Crippen LogP contribution is -2.10. The van der Waals surface area contributed by atoms with Crippen LogP contribution in [0.2, 0.25) is 0 Å². The first-order valence-corrected chi connectivity index (χ1v) is 6.69.